The zero-order valence-electron chi connectivity index (χ0n) is 16.0. The third-order valence-electron chi connectivity index (χ3n) is 4.49. The van der Waals surface area contributed by atoms with Gasteiger partial charge in [0, 0.05) is 18.7 Å². The molecule has 0 aromatic heterocycles. The summed E-state index contributed by atoms with van der Waals surface area (Å²) in [5, 5.41) is 0.160. The maximum Gasteiger partial charge on any atom is 0.338 e. The topological polar surface area (TPSA) is 72.9 Å². The third-order valence-corrected chi connectivity index (χ3v) is 6.69. The first kappa shape index (κ1) is 21.7. The van der Waals surface area contributed by atoms with E-state index in [1.807, 2.05) is 13.8 Å². The first-order valence-corrected chi connectivity index (χ1v) is 10.9. The predicted octanol–water partition coefficient (Wildman–Crippen LogP) is 3.63. The summed E-state index contributed by atoms with van der Waals surface area (Å²) in [4.78, 5) is 12.3. The van der Waals surface area contributed by atoms with Gasteiger partial charge in [-0.25, -0.2) is 17.6 Å². The minimum atomic E-state index is -3.69. The SMILES string of the molecule is CC1CN(S(=O)(=O)c2ccc(C(=O)OCc3ccc(F)cc3Cl)cc2)CC(C)O1. The number of nitrogens with zero attached hydrogens (tertiary/aromatic N) is 1. The average Bonchev–Trinajstić information content (AvgIpc) is 2.66. The molecule has 2 unspecified atom stereocenters. The van der Waals surface area contributed by atoms with Crippen molar-refractivity contribution < 1.29 is 27.1 Å². The van der Waals surface area contributed by atoms with Gasteiger partial charge < -0.3 is 9.47 Å². The van der Waals surface area contributed by atoms with Gasteiger partial charge in [-0.15, -0.1) is 0 Å². The molecule has 6 nitrogen and oxygen atoms in total. The molecule has 0 N–H and O–H groups in total. The van der Waals surface area contributed by atoms with Crippen LogP contribution in [0.4, 0.5) is 4.39 Å². The van der Waals surface area contributed by atoms with Crippen molar-refractivity contribution in [3.63, 3.8) is 0 Å². The Morgan fingerprint density at radius 3 is 2.38 bits per heavy atom. The van der Waals surface area contributed by atoms with E-state index in [0.29, 0.717) is 5.56 Å². The monoisotopic (exact) mass is 441 g/mol. The summed E-state index contributed by atoms with van der Waals surface area (Å²) in [6, 6.07) is 9.34. The van der Waals surface area contributed by atoms with Gasteiger partial charge in [-0.3, -0.25) is 0 Å². The van der Waals surface area contributed by atoms with Gasteiger partial charge in [-0.1, -0.05) is 17.7 Å². The van der Waals surface area contributed by atoms with E-state index in [4.69, 9.17) is 21.1 Å². The van der Waals surface area contributed by atoms with Gasteiger partial charge in [0.25, 0.3) is 0 Å². The number of hydrogen-bond acceptors (Lipinski definition) is 5. The number of benzene rings is 2. The average molecular weight is 442 g/mol. The zero-order valence-corrected chi connectivity index (χ0v) is 17.5. The van der Waals surface area contributed by atoms with Gasteiger partial charge in [-0.2, -0.15) is 4.31 Å². The molecule has 2 aromatic rings. The minimum absolute atomic E-state index is 0.0944. The second kappa shape index (κ2) is 8.79. The smallest absolute Gasteiger partial charge is 0.338 e. The molecule has 0 aliphatic carbocycles. The second-order valence-corrected chi connectivity index (χ2v) is 9.26. The molecule has 0 bridgehead atoms. The van der Waals surface area contributed by atoms with Gasteiger partial charge >= 0.3 is 5.97 Å². The van der Waals surface area contributed by atoms with E-state index in [0.717, 1.165) is 6.07 Å². The van der Waals surface area contributed by atoms with E-state index in [-0.39, 0.29) is 47.4 Å². The highest BCUT2D eigenvalue weighted by molar-refractivity contribution is 7.89. The lowest BCUT2D eigenvalue weighted by Crippen LogP contribution is -2.48. The van der Waals surface area contributed by atoms with Crippen LogP contribution >= 0.6 is 11.6 Å². The minimum Gasteiger partial charge on any atom is -0.457 e. The fraction of sp³-hybridized carbons (Fsp3) is 0.350. The number of esters is 1. The summed E-state index contributed by atoms with van der Waals surface area (Å²) in [6.07, 6.45) is -0.387. The van der Waals surface area contributed by atoms with Crippen LogP contribution in [-0.4, -0.2) is 44.0 Å². The Balaban J connectivity index is 1.68. The van der Waals surface area contributed by atoms with Crippen molar-refractivity contribution in [3.05, 3.63) is 64.4 Å². The van der Waals surface area contributed by atoms with Crippen molar-refractivity contribution in [1.29, 1.82) is 0 Å². The number of rotatable bonds is 5. The number of ether oxygens (including phenoxy) is 2. The largest absolute Gasteiger partial charge is 0.457 e. The molecule has 1 aliphatic rings. The Labute approximate surface area is 174 Å². The lowest BCUT2D eigenvalue weighted by molar-refractivity contribution is -0.0440. The van der Waals surface area contributed by atoms with Crippen molar-refractivity contribution in [2.24, 2.45) is 0 Å². The van der Waals surface area contributed by atoms with Crippen molar-refractivity contribution >= 4 is 27.6 Å². The second-order valence-electron chi connectivity index (χ2n) is 6.92. The summed E-state index contributed by atoms with van der Waals surface area (Å²) in [5.74, 6) is -1.12. The van der Waals surface area contributed by atoms with E-state index >= 15 is 0 Å². The van der Waals surface area contributed by atoms with Crippen LogP contribution in [0.15, 0.2) is 47.4 Å². The van der Waals surface area contributed by atoms with Crippen LogP contribution < -0.4 is 0 Å². The Kier molecular flexibility index (Phi) is 6.58. The molecule has 1 aliphatic heterocycles. The summed E-state index contributed by atoms with van der Waals surface area (Å²) >= 11 is 5.91. The van der Waals surface area contributed by atoms with Crippen LogP contribution in [0.5, 0.6) is 0 Å². The maximum atomic E-state index is 13.1. The summed E-state index contributed by atoms with van der Waals surface area (Å²) in [6.45, 7) is 4.07. The van der Waals surface area contributed by atoms with E-state index in [9.17, 15) is 17.6 Å². The first-order chi connectivity index (χ1) is 13.7. The highest BCUT2D eigenvalue weighted by Crippen LogP contribution is 2.22. The van der Waals surface area contributed by atoms with Crippen molar-refractivity contribution in [2.75, 3.05) is 13.1 Å². The number of sulfonamides is 1. The van der Waals surface area contributed by atoms with E-state index < -0.39 is 21.8 Å². The molecule has 0 amide bonds. The maximum absolute atomic E-state index is 13.1. The Hall–Kier alpha value is -2.00. The standard InChI is InChI=1S/C20H21ClFNO5S/c1-13-10-23(11-14(2)28-13)29(25,26)18-7-4-15(5-8-18)20(24)27-12-16-3-6-17(22)9-19(16)21/h3-9,13-14H,10-12H2,1-2H3. The molecule has 29 heavy (non-hydrogen) atoms. The van der Waals surface area contributed by atoms with Crippen LogP contribution in [0.25, 0.3) is 0 Å². The molecule has 156 valence electrons. The van der Waals surface area contributed by atoms with E-state index in [1.165, 1.54) is 40.7 Å². The molecule has 1 saturated heterocycles. The summed E-state index contributed by atoms with van der Waals surface area (Å²) in [5.41, 5.74) is 0.669. The molecule has 3 rings (SSSR count). The Morgan fingerprint density at radius 1 is 1.17 bits per heavy atom. The van der Waals surface area contributed by atoms with Gasteiger partial charge in [0.05, 0.1) is 27.7 Å². The van der Waals surface area contributed by atoms with Crippen molar-refractivity contribution in [3.8, 4) is 0 Å². The molecule has 1 heterocycles. The van der Waals surface area contributed by atoms with E-state index in [1.54, 1.807) is 0 Å². The molecule has 1 fully saturated rings. The number of carbonyl (C=O) groups excluding carboxylic acids is 1. The molecule has 0 radical (unpaired) electrons. The molecule has 9 heteroatoms. The first-order valence-electron chi connectivity index (χ1n) is 9.03. The zero-order chi connectivity index (χ0) is 21.2. The molecular formula is C20H21ClFNO5S. The Morgan fingerprint density at radius 2 is 1.79 bits per heavy atom. The van der Waals surface area contributed by atoms with Gasteiger partial charge in [0.1, 0.15) is 12.4 Å². The number of morpholine rings is 1. The fourth-order valence-electron chi connectivity index (χ4n) is 3.10. The molecular weight excluding hydrogens is 421 g/mol. The van der Waals surface area contributed by atoms with Gasteiger partial charge in [0.2, 0.25) is 10.0 Å². The van der Waals surface area contributed by atoms with E-state index in [2.05, 4.69) is 0 Å². The summed E-state index contributed by atoms with van der Waals surface area (Å²) < 4.78 is 50.9. The molecule has 0 spiro atoms. The third kappa shape index (κ3) is 5.14. The van der Waals surface area contributed by atoms with Crippen LogP contribution in [0.2, 0.25) is 5.02 Å². The lowest BCUT2D eigenvalue weighted by Gasteiger charge is -2.34. The fourth-order valence-corrected chi connectivity index (χ4v) is 4.92. The number of carbonyl (C=O) groups is 1. The molecule has 0 saturated carbocycles. The normalized spacial score (nSPS) is 20.4. The predicted molar refractivity (Wildman–Crippen MR) is 106 cm³/mol. The molecule has 2 aromatic carbocycles. The van der Waals surface area contributed by atoms with Crippen molar-refractivity contribution in [2.45, 2.75) is 37.6 Å². The van der Waals surface area contributed by atoms with Crippen LogP contribution in [0.1, 0.15) is 29.8 Å². The highest BCUT2D eigenvalue weighted by Gasteiger charge is 2.32. The van der Waals surface area contributed by atoms with Gasteiger partial charge in [0.15, 0.2) is 0 Å². The highest BCUT2D eigenvalue weighted by atomic mass is 35.5. The van der Waals surface area contributed by atoms with Crippen molar-refractivity contribution in [1.82, 2.24) is 4.31 Å². The Bertz CT molecular complexity index is 986. The number of halogens is 2. The van der Waals surface area contributed by atoms with Crippen LogP contribution in [-0.2, 0) is 26.1 Å². The van der Waals surface area contributed by atoms with Crippen LogP contribution in [0, 0.1) is 5.82 Å². The summed E-state index contributed by atoms with van der Waals surface area (Å²) in [7, 11) is -3.69. The quantitative estimate of drug-likeness (QED) is 0.662. The van der Waals surface area contributed by atoms with Crippen LogP contribution in [0.3, 0.4) is 0 Å². The lowest BCUT2D eigenvalue weighted by atomic mass is 10.2. The molecule has 2 atom stereocenters. The number of hydrogen-bond donors (Lipinski definition) is 0. The van der Waals surface area contributed by atoms with Gasteiger partial charge in [-0.05, 0) is 50.2 Å².